The highest BCUT2D eigenvalue weighted by molar-refractivity contribution is 7.90. The summed E-state index contributed by atoms with van der Waals surface area (Å²) in [6, 6.07) is 5.93. The first-order chi connectivity index (χ1) is 9.23. The van der Waals surface area contributed by atoms with E-state index in [1.807, 2.05) is 4.72 Å². The molecule has 0 aliphatic rings. The van der Waals surface area contributed by atoms with Gasteiger partial charge in [0.05, 0.1) is 5.69 Å². The van der Waals surface area contributed by atoms with E-state index in [0.717, 1.165) is 0 Å². The van der Waals surface area contributed by atoms with Gasteiger partial charge in [-0.1, -0.05) is 12.1 Å². The largest absolute Gasteiger partial charge is 0.490 e. The normalized spacial score (nSPS) is 12.2. The minimum atomic E-state index is -4.63. The number of halogens is 3. The molecular weight excluding hydrogens is 299 g/mol. The fourth-order valence-corrected chi connectivity index (χ4v) is 2.09. The van der Waals surface area contributed by atoms with Crippen LogP contribution in [0.1, 0.15) is 0 Å². The van der Waals surface area contributed by atoms with E-state index < -0.39 is 22.9 Å². The number of anilines is 1. The molecule has 0 radical (unpaired) electrons. The Kier molecular flexibility index (Phi) is 5.60. The van der Waals surface area contributed by atoms with E-state index >= 15 is 0 Å². The number of hydrogen-bond acceptors (Lipinski definition) is 4. The summed E-state index contributed by atoms with van der Waals surface area (Å²) >= 11 is 0. The molecule has 0 aromatic heterocycles. The van der Waals surface area contributed by atoms with Crippen LogP contribution in [0.15, 0.2) is 24.3 Å². The summed E-state index contributed by atoms with van der Waals surface area (Å²) in [5.74, 6) is 0.176. The van der Waals surface area contributed by atoms with Crippen LogP contribution in [0.25, 0.3) is 0 Å². The SMILES string of the molecule is NCCOc1ccccc1NS(=O)(=O)NCC(F)(F)F. The number of hydrogen-bond donors (Lipinski definition) is 3. The van der Waals surface area contributed by atoms with Gasteiger partial charge in [0.1, 0.15) is 18.9 Å². The molecule has 0 atom stereocenters. The van der Waals surface area contributed by atoms with E-state index in [-0.39, 0.29) is 24.6 Å². The van der Waals surface area contributed by atoms with Crippen molar-refractivity contribution in [2.45, 2.75) is 6.18 Å². The first-order valence-electron chi connectivity index (χ1n) is 5.49. The standard InChI is InChI=1S/C10H14F3N3O3S/c11-10(12,13)7-15-20(17,18)16-8-3-1-2-4-9(8)19-6-5-14/h1-4,15-16H,5-7,14H2. The number of rotatable bonds is 7. The minimum absolute atomic E-state index is 0.0237. The Balaban J connectivity index is 2.76. The smallest absolute Gasteiger partial charge is 0.402 e. The Morgan fingerprint density at radius 2 is 1.90 bits per heavy atom. The summed E-state index contributed by atoms with van der Waals surface area (Å²) in [7, 11) is -4.35. The molecule has 1 aromatic rings. The summed E-state index contributed by atoms with van der Waals surface area (Å²) in [6.45, 7) is -1.30. The van der Waals surface area contributed by atoms with Crippen LogP contribution in [0, 0.1) is 0 Å². The maximum atomic E-state index is 12.0. The molecule has 6 nitrogen and oxygen atoms in total. The molecule has 1 rings (SSSR count). The van der Waals surface area contributed by atoms with Crippen molar-refractivity contribution in [1.82, 2.24) is 4.72 Å². The lowest BCUT2D eigenvalue weighted by atomic mass is 10.3. The van der Waals surface area contributed by atoms with Crippen LogP contribution in [0.4, 0.5) is 18.9 Å². The monoisotopic (exact) mass is 313 g/mol. The van der Waals surface area contributed by atoms with Crippen molar-refractivity contribution in [2.75, 3.05) is 24.4 Å². The van der Waals surface area contributed by atoms with E-state index in [0.29, 0.717) is 0 Å². The highest BCUT2D eigenvalue weighted by atomic mass is 32.2. The van der Waals surface area contributed by atoms with Crippen LogP contribution < -0.4 is 19.9 Å². The van der Waals surface area contributed by atoms with Gasteiger partial charge in [-0.3, -0.25) is 4.72 Å². The number of benzene rings is 1. The van der Waals surface area contributed by atoms with Gasteiger partial charge in [0.25, 0.3) is 10.2 Å². The van der Waals surface area contributed by atoms with Crippen LogP contribution in [0.3, 0.4) is 0 Å². The van der Waals surface area contributed by atoms with Gasteiger partial charge < -0.3 is 10.5 Å². The highest BCUT2D eigenvalue weighted by Crippen LogP contribution is 2.24. The van der Waals surface area contributed by atoms with Crippen LogP contribution in [0.5, 0.6) is 5.75 Å². The lowest BCUT2D eigenvalue weighted by Crippen LogP contribution is -2.37. The van der Waals surface area contributed by atoms with Gasteiger partial charge in [0.2, 0.25) is 0 Å². The van der Waals surface area contributed by atoms with E-state index in [1.54, 1.807) is 6.07 Å². The van der Waals surface area contributed by atoms with Gasteiger partial charge >= 0.3 is 6.18 Å². The van der Waals surface area contributed by atoms with Gasteiger partial charge in [-0.05, 0) is 12.1 Å². The summed E-state index contributed by atoms with van der Waals surface area (Å²) in [5, 5.41) is 0. The summed E-state index contributed by atoms with van der Waals surface area (Å²) in [4.78, 5) is 0. The Hall–Kier alpha value is -1.52. The summed E-state index contributed by atoms with van der Waals surface area (Å²) in [5.41, 5.74) is 5.27. The molecule has 0 aliphatic carbocycles. The summed E-state index contributed by atoms with van der Waals surface area (Å²) < 4.78 is 67.4. The van der Waals surface area contributed by atoms with Crippen LogP contribution in [0.2, 0.25) is 0 Å². The number of nitrogens with two attached hydrogens (primary N) is 1. The van der Waals surface area contributed by atoms with Crippen molar-refractivity contribution < 1.29 is 26.3 Å². The fourth-order valence-electron chi connectivity index (χ4n) is 1.20. The second-order valence-corrected chi connectivity index (χ2v) is 5.17. The molecule has 4 N–H and O–H groups in total. The van der Waals surface area contributed by atoms with Gasteiger partial charge in [-0.15, -0.1) is 0 Å². The molecule has 114 valence electrons. The molecule has 20 heavy (non-hydrogen) atoms. The molecular formula is C10H14F3N3O3S. The summed E-state index contributed by atoms with van der Waals surface area (Å²) in [6.07, 6.45) is -4.63. The van der Waals surface area contributed by atoms with Crippen LogP contribution >= 0.6 is 0 Å². The van der Waals surface area contributed by atoms with Gasteiger partial charge in [0, 0.05) is 6.54 Å². The van der Waals surface area contributed by atoms with Gasteiger partial charge in [-0.25, -0.2) is 0 Å². The molecule has 0 fully saturated rings. The molecule has 0 spiro atoms. The lowest BCUT2D eigenvalue weighted by Gasteiger charge is -2.14. The Morgan fingerprint density at radius 3 is 2.50 bits per heavy atom. The molecule has 1 aromatic carbocycles. The Morgan fingerprint density at radius 1 is 1.25 bits per heavy atom. The van der Waals surface area contributed by atoms with Crippen LogP contribution in [-0.2, 0) is 10.2 Å². The van der Waals surface area contributed by atoms with Crippen molar-refractivity contribution in [3.05, 3.63) is 24.3 Å². The maximum Gasteiger partial charge on any atom is 0.402 e. The molecule has 10 heteroatoms. The van der Waals surface area contributed by atoms with Crippen LogP contribution in [-0.4, -0.2) is 34.3 Å². The second-order valence-electron chi connectivity index (χ2n) is 3.68. The van der Waals surface area contributed by atoms with Crippen molar-refractivity contribution in [2.24, 2.45) is 5.73 Å². The second kappa shape index (κ2) is 6.77. The van der Waals surface area contributed by atoms with E-state index in [9.17, 15) is 21.6 Å². The lowest BCUT2D eigenvalue weighted by molar-refractivity contribution is -0.121. The molecule has 0 bridgehead atoms. The van der Waals surface area contributed by atoms with Crippen molar-refractivity contribution >= 4 is 15.9 Å². The van der Waals surface area contributed by atoms with E-state index in [4.69, 9.17) is 10.5 Å². The zero-order valence-corrected chi connectivity index (χ0v) is 11.1. The average Bonchev–Trinajstić information content (AvgIpc) is 2.34. The first kappa shape index (κ1) is 16.5. The minimum Gasteiger partial charge on any atom is -0.490 e. The molecule has 0 saturated carbocycles. The molecule has 0 amide bonds. The topological polar surface area (TPSA) is 93.4 Å². The van der Waals surface area contributed by atoms with Crippen molar-refractivity contribution in [3.63, 3.8) is 0 Å². The zero-order chi connectivity index (χ0) is 15.2. The number of nitrogens with one attached hydrogen (secondary N) is 2. The third-order valence-electron chi connectivity index (χ3n) is 1.97. The molecule has 0 unspecified atom stereocenters. The Bertz CT molecular complexity index is 534. The van der Waals surface area contributed by atoms with E-state index in [2.05, 4.69) is 0 Å². The number of ether oxygens (including phenoxy) is 1. The van der Waals surface area contributed by atoms with Gasteiger partial charge in [-0.2, -0.15) is 26.3 Å². The first-order valence-corrected chi connectivity index (χ1v) is 6.98. The highest BCUT2D eigenvalue weighted by Gasteiger charge is 2.29. The molecule has 0 heterocycles. The average molecular weight is 313 g/mol. The van der Waals surface area contributed by atoms with Crippen molar-refractivity contribution in [1.29, 1.82) is 0 Å². The third kappa shape index (κ3) is 6.08. The fraction of sp³-hybridized carbons (Fsp3) is 0.400. The Labute approximate surface area is 114 Å². The predicted molar refractivity (Wildman–Crippen MR) is 67.6 cm³/mol. The maximum absolute atomic E-state index is 12.0. The van der Waals surface area contributed by atoms with Crippen molar-refractivity contribution in [3.8, 4) is 5.75 Å². The number of alkyl halides is 3. The zero-order valence-electron chi connectivity index (χ0n) is 10.3. The third-order valence-corrected chi connectivity index (χ3v) is 2.98. The quantitative estimate of drug-likeness (QED) is 0.695. The molecule has 0 saturated heterocycles. The molecule has 0 aliphatic heterocycles. The number of para-hydroxylation sites is 2. The van der Waals surface area contributed by atoms with Gasteiger partial charge in [0.15, 0.2) is 0 Å². The predicted octanol–water partition coefficient (Wildman–Crippen LogP) is 0.833. The van der Waals surface area contributed by atoms with E-state index in [1.165, 1.54) is 22.9 Å².